The molecule has 1 rings (SSSR count). The molecule has 0 saturated heterocycles. The second-order valence-corrected chi connectivity index (χ2v) is 7.63. The van der Waals surface area contributed by atoms with Gasteiger partial charge in [0, 0.05) is 0 Å². The molecule has 1 aromatic rings. The Labute approximate surface area is 155 Å². The number of nitrogens with zero attached hydrogens (tertiary/aromatic N) is 1. The lowest BCUT2D eigenvalue weighted by atomic mass is 10.1. The van der Waals surface area contributed by atoms with Crippen LogP contribution in [-0.4, -0.2) is 51.5 Å². The third-order valence-corrected chi connectivity index (χ3v) is 4.70. The maximum absolute atomic E-state index is 5.73. The van der Waals surface area contributed by atoms with Crippen molar-refractivity contribution in [3.63, 3.8) is 0 Å². The number of unbranched alkanes of at least 4 members (excludes halogenated alkanes) is 7. The molecule has 25 heavy (non-hydrogen) atoms. The second kappa shape index (κ2) is 14.1. The number of para-hydroxylation sites is 1. The Hall–Kier alpha value is -1.06. The van der Waals surface area contributed by atoms with Crippen molar-refractivity contribution in [2.75, 3.05) is 47.0 Å². The summed E-state index contributed by atoms with van der Waals surface area (Å²) >= 11 is 0. The van der Waals surface area contributed by atoms with E-state index in [-0.39, 0.29) is 0 Å². The van der Waals surface area contributed by atoms with E-state index in [1.807, 2.05) is 30.3 Å². The minimum Gasteiger partial charge on any atom is -0.491 e. The van der Waals surface area contributed by atoms with E-state index in [1.165, 1.54) is 57.9 Å². The quantitative estimate of drug-likeness (QED) is 0.297. The van der Waals surface area contributed by atoms with E-state index in [9.17, 15) is 0 Å². The van der Waals surface area contributed by atoms with E-state index >= 15 is 0 Å². The molecule has 0 radical (unpaired) electrons. The van der Waals surface area contributed by atoms with E-state index in [1.54, 1.807) is 0 Å². The summed E-state index contributed by atoms with van der Waals surface area (Å²) in [5.74, 6) is 0.914. The van der Waals surface area contributed by atoms with Gasteiger partial charge in [-0.3, -0.25) is 0 Å². The average Bonchev–Trinajstić information content (AvgIpc) is 2.61. The normalized spacial score (nSPS) is 11.6. The SMILES string of the molecule is CCCCCCCCCC[N+](C)(C)CCOCCOc1ccccc1. The van der Waals surface area contributed by atoms with Gasteiger partial charge in [0.05, 0.1) is 33.9 Å². The Balaban J connectivity index is 1.92. The van der Waals surface area contributed by atoms with Gasteiger partial charge in [0.15, 0.2) is 0 Å². The van der Waals surface area contributed by atoms with Gasteiger partial charge in [0.2, 0.25) is 0 Å². The zero-order valence-corrected chi connectivity index (χ0v) is 16.8. The Morgan fingerprint density at radius 2 is 1.36 bits per heavy atom. The highest BCUT2D eigenvalue weighted by atomic mass is 16.5. The molecule has 0 aliphatic heterocycles. The summed E-state index contributed by atoms with van der Waals surface area (Å²) in [7, 11) is 4.62. The van der Waals surface area contributed by atoms with Gasteiger partial charge in [-0.05, 0) is 25.0 Å². The lowest BCUT2D eigenvalue weighted by Crippen LogP contribution is -2.43. The van der Waals surface area contributed by atoms with E-state index in [0.29, 0.717) is 13.2 Å². The Bertz CT molecular complexity index is 406. The van der Waals surface area contributed by atoms with E-state index in [0.717, 1.165) is 23.4 Å². The lowest BCUT2D eigenvalue weighted by Gasteiger charge is -2.29. The van der Waals surface area contributed by atoms with Gasteiger partial charge >= 0.3 is 0 Å². The molecule has 0 N–H and O–H groups in total. The van der Waals surface area contributed by atoms with E-state index in [4.69, 9.17) is 9.47 Å². The lowest BCUT2D eigenvalue weighted by molar-refractivity contribution is -0.891. The molecule has 0 unspecified atom stereocenters. The molecule has 3 heteroatoms. The van der Waals surface area contributed by atoms with Crippen molar-refractivity contribution in [1.82, 2.24) is 0 Å². The van der Waals surface area contributed by atoms with Gasteiger partial charge in [-0.25, -0.2) is 0 Å². The predicted molar refractivity (Wildman–Crippen MR) is 107 cm³/mol. The highest BCUT2D eigenvalue weighted by Gasteiger charge is 2.13. The van der Waals surface area contributed by atoms with Crippen molar-refractivity contribution < 1.29 is 14.0 Å². The molecule has 144 valence electrons. The van der Waals surface area contributed by atoms with Crippen LogP contribution in [0.5, 0.6) is 5.75 Å². The van der Waals surface area contributed by atoms with Crippen molar-refractivity contribution in [3.05, 3.63) is 30.3 Å². The molecule has 0 aliphatic rings. The van der Waals surface area contributed by atoms with Crippen LogP contribution in [0.3, 0.4) is 0 Å². The first-order chi connectivity index (χ1) is 12.1. The summed E-state index contributed by atoms with van der Waals surface area (Å²) < 4.78 is 12.4. The van der Waals surface area contributed by atoms with Crippen molar-refractivity contribution in [3.8, 4) is 5.75 Å². The van der Waals surface area contributed by atoms with Gasteiger partial charge < -0.3 is 14.0 Å². The monoisotopic (exact) mass is 350 g/mol. The molecule has 0 amide bonds. The molecular formula is C22H40NO2+. The largest absolute Gasteiger partial charge is 0.491 e. The number of likely N-dealkylation sites (N-methyl/N-ethyl adjacent to an activating group) is 1. The van der Waals surface area contributed by atoms with Crippen LogP contribution in [0.25, 0.3) is 0 Å². The van der Waals surface area contributed by atoms with Crippen LogP contribution < -0.4 is 4.74 Å². The molecule has 0 fully saturated rings. The number of rotatable bonds is 16. The van der Waals surface area contributed by atoms with Crippen LogP contribution in [-0.2, 0) is 4.74 Å². The summed E-state index contributed by atoms with van der Waals surface area (Å²) in [4.78, 5) is 0. The van der Waals surface area contributed by atoms with Crippen molar-refractivity contribution in [1.29, 1.82) is 0 Å². The zero-order chi connectivity index (χ0) is 18.2. The number of ether oxygens (including phenoxy) is 2. The fraction of sp³-hybridized carbons (Fsp3) is 0.727. The fourth-order valence-corrected chi connectivity index (χ4v) is 2.93. The second-order valence-electron chi connectivity index (χ2n) is 7.63. The summed E-state index contributed by atoms with van der Waals surface area (Å²) in [5, 5.41) is 0. The Kier molecular flexibility index (Phi) is 12.4. The maximum Gasteiger partial charge on any atom is 0.119 e. The van der Waals surface area contributed by atoms with Gasteiger partial charge in [0.25, 0.3) is 0 Å². The third-order valence-electron chi connectivity index (χ3n) is 4.70. The first-order valence-electron chi connectivity index (χ1n) is 10.2. The molecule has 0 saturated carbocycles. The zero-order valence-electron chi connectivity index (χ0n) is 16.8. The fourth-order valence-electron chi connectivity index (χ4n) is 2.93. The van der Waals surface area contributed by atoms with Crippen molar-refractivity contribution >= 4 is 0 Å². The predicted octanol–water partition coefficient (Wildman–Crippen LogP) is 5.30. The summed E-state index contributed by atoms with van der Waals surface area (Å²) in [5.41, 5.74) is 0. The highest BCUT2D eigenvalue weighted by molar-refractivity contribution is 5.20. The molecular weight excluding hydrogens is 310 g/mol. The molecule has 0 aromatic heterocycles. The first-order valence-corrected chi connectivity index (χ1v) is 10.2. The molecule has 3 nitrogen and oxygen atoms in total. The van der Waals surface area contributed by atoms with Gasteiger partial charge in [-0.1, -0.05) is 63.6 Å². The van der Waals surface area contributed by atoms with Crippen molar-refractivity contribution in [2.24, 2.45) is 0 Å². The summed E-state index contributed by atoms with van der Waals surface area (Å²) in [6, 6.07) is 9.92. The molecule has 0 spiro atoms. The van der Waals surface area contributed by atoms with Crippen LogP contribution >= 0.6 is 0 Å². The third kappa shape index (κ3) is 12.9. The number of benzene rings is 1. The Morgan fingerprint density at radius 1 is 0.720 bits per heavy atom. The van der Waals surface area contributed by atoms with Gasteiger partial charge in [-0.2, -0.15) is 0 Å². The molecule has 0 aliphatic carbocycles. The first kappa shape index (κ1) is 22.0. The average molecular weight is 351 g/mol. The number of hydrogen-bond donors (Lipinski definition) is 0. The van der Waals surface area contributed by atoms with Crippen molar-refractivity contribution in [2.45, 2.75) is 58.3 Å². The number of hydrogen-bond acceptors (Lipinski definition) is 2. The standard InChI is InChI=1S/C22H40NO2/c1-4-5-6-7-8-9-10-14-17-23(2,3)18-19-24-20-21-25-22-15-12-11-13-16-22/h11-13,15-16H,4-10,14,17-21H2,1-3H3/q+1. The summed E-state index contributed by atoms with van der Waals surface area (Å²) in [6.07, 6.45) is 11.1. The minimum atomic E-state index is 0.621. The van der Waals surface area contributed by atoms with Crippen LogP contribution in [0.2, 0.25) is 0 Å². The van der Waals surface area contributed by atoms with Gasteiger partial charge in [0.1, 0.15) is 18.9 Å². The number of quaternary nitrogens is 1. The Morgan fingerprint density at radius 3 is 2.04 bits per heavy atom. The maximum atomic E-state index is 5.73. The molecule has 0 heterocycles. The van der Waals surface area contributed by atoms with E-state index in [2.05, 4.69) is 21.0 Å². The minimum absolute atomic E-state index is 0.621. The highest BCUT2D eigenvalue weighted by Crippen LogP contribution is 2.10. The van der Waals surface area contributed by atoms with Crippen LogP contribution in [0.1, 0.15) is 58.3 Å². The topological polar surface area (TPSA) is 18.5 Å². The summed E-state index contributed by atoms with van der Waals surface area (Å²) in [6.45, 7) is 6.69. The molecule has 0 bridgehead atoms. The van der Waals surface area contributed by atoms with Crippen LogP contribution in [0, 0.1) is 0 Å². The van der Waals surface area contributed by atoms with Crippen LogP contribution in [0.4, 0.5) is 0 Å². The molecule has 0 atom stereocenters. The molecule has 1 aromatic carbocycles. The smallest absolute Gasteiger partial charge is 0.119 e. The van der Waals surface area contributed by atoms with Crippen LogP contribution in [0.15, 0.2) is 30.3 Å². The van der Waals surface area contributed by atoms with E-state index < -0.39 is 0 Å². The van der Waals surface area contributed by atoms with Gasteiger partial charge in [-0.15, -0.1) is 0 Å².